The SMILES string of the molecule is CC(CO)(CO)NC1CCCNC1. The van der Waals surface area contributed by atoms with Crippen LogP contribution in [-0.2, 0) is 0 Å². The van der Waals surface area contributed by atoms with Crippen molar-refractivity contribution in [3.8, 4) is 0 Å². The van der Waals surface area contributed by atoms with Crippen molar-refractivity contribution in [1.82, 2.24) is 10.6 Å². The summed E-state index contributed by atoms with van der Waals surface area (Å²) in [6, 6.07) is 0.373. The average molecular weight is 188 g/mol. The Morgan fingerprint density at radius 2 is 2.15 bits per heavy atom. The van der Waals surface area contributed by atoms with Crippen LogP contribution in [-0.4, -0.2) is 48.1 Å². The second-order valence-electron chi connectivity index (χ2n) is 4.06. The van der Waals surface area contributed by atoms with Crippen LogP contribution in [0.4, 0.5) is 0 Å². The maximum absolute atomic E-state index is 9.07. The van der Waals surface area contributed by atoms with E-state index >= 15 is 0 Å². The summed E-state index contributed by atoms with van der Waals surface area (Å²) in [5.41, 5.74) is -0.538. The first-order chi connectivity index (χ1) is 6.20. The highest BCUT2D eigenvalue weighted by Gasteiger charge is 2.26. The molecular formula is C9H20N2O2. The summed E-state index contributed by atoms with van der Waals surface area (Å²) >= 11 is 0. The van der Waals surface area contributed by atoms with Gasteiger partial charge in [-0.1, -0.05) is 0 Å². The van der Waals surface area contributed by atoms with Gasteiger partial charge in [0.25, 0.3) is 0 Å². The molecule has 1 rings (SSSR count). The zero-order valence-electron chi connectivity index (χ0n) is 8.21. The van der Waals surface area contributed by atoms with Gasteiger partial charge in [-0.25, -0.2) is 0 Å². The Labute approximate surface area is 79.3 Å². The highest BCUT2D eigenvalue weighted by atomic mass is 16.3. The molecule has 4 heteroatoms. The number of hydrogen-bond donors (Lipinski definition) is 4. The Morgan fingerprint density at radius 1 is 1.46 bits per heavy atom. The first-order valence-electron chi connectivity index (χ1n) is 4.90. The molecule has 1 aliphatic rings. The molecule has 1 saturated heterocycles. The smallest absolute Gasteiger partial charge is 0.0633 e. The van der Waals surface area contributed by atoms with Gasteiger partial charge in [-0.2, -0.15) is 0 Å². The Bertz CT molecular complexity index is 143. The lowest BCUT2D eigenvalue weighted by atomic mass is 10.00. The second kappa shape index (κ2) is 4.91. The molecule has 0 aliphatic carbocycles. The number of nitrogens with one attached hydrogen (secondary N) is 2. The van der Waals surface area contributed by atoms with E-state index in [1.54, 1.807) is 0 Å². The summed E-state index contributed by atoms with van der Waals surface area (Å²) < 4.78 is 0. The number of rotatable bonds is 4. The van der Waals surface area contributed by atoms with E-state index in [0.717, 1.165) is 25.9 Å². The van der Waals surface area contributed by atoms with E-state index in [-0.39, 0.29) is 13.2 Å². The molecule has 0 aromatic carbocycles. The van der Waals surface area contributed by atoms with Crippen molar-refractivity contribution < 1.29 is 10.2 Å². The van der Waals surface area contributed by atoms with Crippen LogP contribution in [0.15, 0.2) is 0 Å². The van der Waals surface area contributed by atoms with Gasteiger partial charge < -0.3 is 20.8 Å². The number of hydrogen-bond acceptors (Lipinski definition) is 4. The van der Waals surface area contributed by atoms with Crippen LogP contribution in [0.1, 0.15) is 19.8 Å². The molecule has 13 heavy (non-hydrogen) atoms. The van der Waals surface area contributed by atoms with Gasteiger partial charge in [-0.3, -0.25) is 0 Å². The quantitative estimate of drug-likeness (QED) is 0.460. The first kappa shape index (κ1) is 10.9. The van der Waals surface area contributed by atoms with Crippen molar-refractivity contribution in [3.05, 3.63) is 0 Å². The van der Waals surface area contributed by atoms with Gasteiger partial charge in [-0.05, 0) is 26.3 Å². The Balaban J connectivity index is 2.35. The normalized spacial score (nSPS) is 24.7. The van der Waals surface area contributed by atoms with Crippen molar-refractivity contribution in [1.29, 1.82) is 0 Å². The number of aliphatic hydroxyl groups excluding tert-OH is 2. The van der Waals surface area contributed by atoms with E-state index in [0.29, 0.717) is 6.04 Å². The van der Waals surface area contributed by atoms with Gasteiger partial charge in [0.2, 0.25) is 0 Å². The fourth-order valence-electron chi connectivity index (χ4n) is 1.61. The molecule has 0 aromatic heterocycles. The minimum absolute atomic E-state index is 0.0278. The van der Waals surface area contributed by atoms with Crippen LogP contribution in [0.2, 0.25) is 0 Å². The molecule has 0 bridgehead atoms. The van der Waals surface area contributed by atoms with Gasteiger partial charge in [0.1, 0.15) is 0 Å². The van der Waals surface area contributed by atoms with Crippen molar-refractivity contribution in [3.63, 3.8) is 0 Å². The van der Waals surface area contributed by atoms with E-state index in [2.05, 4.69) is 10.6 Å². The molecule has 4 N–H and O–H groups in total. The van der Waals surface area contributed by atoms with Gasteiger partial charge in [0, 0.05) is 12.6 Å². The summed E-state index contributed by atoms with van der Waals surface area (Å²) in [6.45, 7) is 3.78. The molecule has 0 radical (unpaired) electrons. The summed E-state index contributed by atoms with van der Waals surface area (Å²) in [5.74, 6) is 0. The molecule has 0 aromatic rings. The molecular weight excluding hydrogens is 168 g/mol. The van der Waals surface area contributed by atoms with Gasteiger partial charge in [-0.15, -0.1) is 0 Å². The predicted octanol–water partition coefficient (Wildman–Crippen LogP) is -0.929. The van der Waals surface area contributed by atoms with Crippen LogP contribution in [0.3, 0.4) is 0 Å². The summed E-state index contributed by atoms with van der Waals surface area (Å²) in [6.07, 6.45) is 2.27. The molecule has 4 nitrogen and oxygen atoms in total. The van der Waals surface area contributed by atoms with Crippen molar-refractivity contribution >= 4 is 0 Å². The molecule has 0 amide bonds. The topological polar surface area (TPSA) is 64.5 Å². The summed E-state index contributed by atoms with van der Waals surface area (Å²) in [7, 11) is 0. The van der Waals surface area contributed by atoms with Crippen LogP contribution in [0.5, 0.6) is 0 Å². The lowest BCUT2D eigenvalue weighted by Gasteiger charge is -2.34. The molecule has 0 saturated carbocycles. The number of piperidine rings is 1. The largest absolute Gasteiger partial charge is 0.394 e. The third-order valence-corrected chi connectivity index (χ3v) is 2.55. The van der Waals surface area contributed by atoms with Crippen molar-refractivity contribution in [2.45, 2.75) is 31.3 Å². The van der Waals surface area contributed by atoms with Crippen LogP contribution in [0, 0.1) is 0 Å². The highest BCUT2D eigenvalue weighted by molar-refractivity contribution is 4.87. The zero-order chi connectivity index (χ0) is 9.73. The molecule has 1 fully saturated rings. The monoisotopic (exact) mass is 188 g/mol. The van der Waals surface area contributed by atoms with E-state index in [1.807, 2.05) is 6.92 Å². The third kappa shape index (κ3) is 3.23. The Hall–Kier alpha value is -0.160. The predicted molar refractivity (Wildman–Crippen MR) is 51.6 cm³/mol. The fourth-order valence-corrected chi connectivity index (χ4v) is 1.61. The first-order valence-corrected chi connectivity index (χ1v) is 4.90. The van der Waals surface area contributed by atoms with Gasteiger partial charge in [0.15, 0.2) is 0 Å². The fraction of sp³-hybridized carbons (Fsp3) is 1.00. The molecule has 1 atom stereocenters. The lowest BCUT2D eigenvalue weighted by molar-refractivity contribution is 0.0902. The third-order valence-electron chi connectivity index (χ3n) is 2.55. The lowest BCUT2D eigenvalue weighted by Crippen LogP contribution is -2.57. The maximum atomic E-state index is 9.07. The van der Waals surface area contributed by atoms with Crippen molar-refractivity contribution in [2.75, 3.05) is 26.3 Å². The highest BCUT2D eigenvalue weighted by Crippen LogP contribution is 2.08. The standard InChI is InChI=1S/C9H20N2O2/c1-9(6-12,7-13)11-8-3-2-4-10-5-8/h8,10-13H,2-7H2,1H3. The summed E-state index contributed by atoms with van der Waals surface area (Å²) in [5, 5.41) is 24.7. The molecule has 78 valence electrons. The Kier molecular flexibility index (Phi) is 4.12. The maximum Gasteiger partial charge on any atom is 0.0633 e. The summed E-state index contributed by atoms with van der Waals surface area (Å²) in [4.78, 5) is 0. The second-order valence-corrected chi connectivity index (χ2v) is 4.06. The average Bonchev–Trinajstić information content (AvgIpc) is 2.19. The van der Waals surface area contributed by atoms with Crippen LogP contribution >= 0.6 is 0 Å². The van der Waals surface area contributed by atoms with Crippen LogP contribution in [0.25, 0.3) is 0 Å². The van der Waals surface area contributed by atoms with E-state index in [4.69, 9.17) is 10.2 Å². The minimum Gasteiger partial charge on any atom is -0.394 e. The van der Waals surface area contributed by atoms with Gasteiger partial charge in [0.05, 0.1) is 18.8 Å². The van der Waals surface area contributed by atoms with E-state index in [9.17, 15) is 0 Å². The van der Waals surface area contributed by atoms with Crippen molar-refractivity contribution in [2.24, 2.45) is 0 Å². The molecule has 1 unspecified atom stereocenters. The van der Waals surface area contributed by atoms with E-state index < -0.39 is 5.54 Å². The Morgan fingerprint density at radius 3 is 2.62 bits per heavy atom. The van der Waals surface area contributed by atoms with Gasteiger partial charge >= 0.3 is 0 Å². The molecule has 0 spiro atoms. The zero-order valence-corrected chi connectivity index (χ0v) is 8.21. The molecule has 1 aliphatic heterocycles. The minimum atomic E-state index is -0.538. The molecule has 1 heterocycles. The van der Waals surface area contributed by atoms with E-state index in [1.165, 1.54) is 0 Å². The number of aliphatic hydroxyl groups is 2. The van der Waals surface area contributed by atoms with Crippen LogP contribution < -0.4 is 10.6 Å².